The second-order valence-corrected chi connectivity index (χ2v) is 8.33. The number of halogens is 3. The molecule has 0 aliphatic heterocycles. The first-order valence-corrected chi connectivity index (χ1v) is 10.6. The van der Waals surface area contributed by atoms with Gasteiger partial charge in [-0.1, -0.05) is 0 Å². The maximum Gasteiger partial charge on any atom is 0.408 e. The number of rotatable bonds is 6. The van der Waals surface area contributed by atoms with Gasteiger partial charge in [-0.3, -0.25) is 19.5 Å². The van der Waals surface area contributed by atoms with E-state index in [1.807, 2.05) is 0 Å². The van der Waals surface area contributed by atoms with Crippen molar-refractivity contribution in [1.82, 2.24) is 34.3 Å². The molecule has 13 heteroatoms. The van der Waals surface area contributed by atoms with Crippen LogP contribution in [0, 0.1) is 12.8 Å². The van der Waals surface area contributed by atoms with Crippen LogP contribution in [-0.2, 0) is 6.54 Å². The number of hydrogen-bond donors (Lipinski definition) is 2. The van der Waals surface area contributed by atoms with Crippen molar-refractivity contribution in [3.8, 4) is 11.3 Å². The highest BCUT2D eigenvalue weighted by Crippen LogP contribution is 2.53. The van der Waals surface area contributed by atoms with Crippen LogP contribution < -0.4 is 11.2 Å². The Morgan fingerprint density at radius 1 is 1.37 bits per heavy atom. The highest BCUT2D eigenvalue weighted by Gasteiger charge is 2.43. The average molecular weight is 484 g/mol. The van der Waals surface area contributed by atoms with Crippen molar-refractivity contribution in [1.29, 1.82) is 0 Å². The van der Waals surface area contributed by atoms with Crippen LogP contribution in [0.1, 0.15) is 29.2 Å². The molecule has 2 atom stereocenters. The van der Waals surface area contributed by atoms with Gasteiger partial charge in [0.1, 0.15) is 6.54 Å². The number of allylic oxidation sites excluding steroid dienone is 1. The van der Waals surface area contributed by atoms with E-state index in [-0.39, 0.29) is 17.4 Å². The lowest BCUT2D eigenvalue weighted by Crippen LogP contribution is -2.23. The Hall–Kier alpha value is -4.29. The molecule has 0 radical (unpaired) electrons. The van der Waals surface area contributed by atoms with Crippen molar-refractivity contribution in [3.63, 3.8) is 0 Å². The number of hydrogen-bond acceptors (Lipinski definition) is 6. The van der Waals surface area contributed by atoms with Gasteiger partial charge in [-0.2, -0.15) is 23.4 Å². The molecule has 1 saturated carbocycles. The molecule has 0 spiro atoms. The van der Waals surface area contributed by atoms with Gasteiger partial charge in [-0.15, -0.1) is 0 Å². The van der Waals surface area contributed by atoms with Gasteiger partial charge in [-0.25, -0.2) is 14.3 Å². The van der Waals surface area contributed by atoms with E-state index >= 15 is 0 Å². The first kappa shape index (κ1) is 22.5. The number of aliphatic imine (C=N–C) groups is 1. The summed E-state index contributed by atoms with van der Waals surface area (Å²) in [6.45, 7) is 4.09. The van der Waals surface area contributed by atoms with Crippen molar-refractivity contribution in [2.24, 2.45) is 10.9 Å². The number of nitrogens with one attached hydrogen (secondary N) is 2. The van der Waals surface area contributed by atoms with E-state index in [0.717, 1.165) is 10.2 Å². The zero-order chi connectivity index (χ0) is 24.9. The van der Waals surface area contributed by atoms with Crippen LogP contribution in [0.25, 0.3) is 23.0 Å². The zero-order valence-corrected chi connectivity index (χ0v) is 18.4. The molecule has 5 rings (SSSR count). The van der Waals surface area contributed by atoms with Crippen LogP contribution in [0.4, 0.5) is 13.2 Å². The largest absolute Gasteiger partial charge is 0.408 e. The van der Waals surface area contributed by atoms with Gasteiger partial charge in [0, 0.05) is 35.8 Å². The third kappa shape index (κ3) is 4.32. The van der Waals surface area contributed by atoms with E-state index in [1.54, 1.807) is 31.5 Å². The Kier molecular flexibility index (Phi) is 5.26. The summed E-state index contributed by atoms with van der Waals surface area (Å²) in [6, 6.07) is 1.73. The van der Waals surface area contributed by atoms with Crippen LogP contribution >= 0.6 is 0 Å². The average Bonchev–Trinajstić information content (AvgIpc) is 3.30. The van der Waals surface area contributed by atoms with Crippen molar-refractivity contribution in [2.75, 3.05) is 0 Å². The molecule has 4 aromatic rings. The van der Waals surface area contributed by atoms with Gasteiger partial charge in [-0.05, 0) is 43.7 Å². The van der Waals surface area contributed by atoms with Crippen molar-refractivity contribution in [2.45, 2.75) is 32.0 Å². The molecule has 0 aromatic carbocycles. The molecule has 0 unspecified atom stereocenters. The summed E-state index contributed by atoms with van der Waals surface area (Å²) in [5.74, 6) is -0.190. The quantitative estimate of drug-likeness (QED) is 0.407. The van der Waals surface area contributed by atoms with Gasteiger partial charge < -0.3 is 4.98 Å². The molecule has 4 aromatic heterocycles. The molecule has 0 saturated heterocycles. The molecule has 2 N–H and O–H groups in total. The predicted molar refractivity (Wildman–Crippen MR) is 121 cm³/mol. The standard InChI is InChI=1S/C22H19F3N8O2/c1-11-8-29-33(10-22(23,24)25)18(11)7-16(26-2)13-5-12(13)14-6-17(31-32-4-3-27-19(14)32)15-9-28-21(35)30-20(15)34/h3-4,6-9,12-13H,2,5,10H2,1H3,(H2,28,30,34,35)/b16-7-/t12-,13-/m0/s1. The fourth-order valence-corrected chi connectivity index (χ4v) is 4.19. The third-order valence-corrected chi connectivity index (χ3v) is 5.92. The van der Waals surface area contributed by atoms with Crippen LogP contribution in [0.3, 0.4) is 0 Å². The molecule has 0 bridgehead atoms. The third-order valence-electron chi connectivity index (χ3n) is 5.92. The highest BCUT2D eigenvalue weighted by molar-refractivity contribution is 5.64. The maximum absolute atomic E-state index is 13.0. The second-order valence-electron chi connectivity index (χ2n) is 8.33. The number of nitrogens with zero attached hydrogens (tertiary/aromatic N) is 6. The van der Waals surface area contributed by atoms with Crippen molar-refractivity contribution in [3.05, 3.63) is 74.2 Å². The summed E-state index contributed by atoms with van der Waals surface area (Å²) in [5.41, 5.74) is 2.13. The smallest absolute Gasteiger partial charge is 0.313 e. The molecule has 180 valence electrons. The maximum atomic E-state index is 13.0. The lowest BCUT2D eigenvalue weighted by molar-refractivity contribution is -0.142. The monoisotopic (exact) mass is 484 g/mol. The van der Waals surface area contributed by atoms with Crippen molar-refractivity contribution < 1.29 is 13.2 Å². The summed E-state index contributed by atoms with van der Waals surface area (Å²) in [5, 5.41) is 8.27. The number of fused-ring (bicyclic) bond motifs is 1. The molecule has 4 heterocycles. The van der Waals surface area contributed by atoms with Crippen molar-refractivity contribution >= 4 is 18.4 Å². The van der Waals surface area contributed by atoms with Crippen LogP contribution in [0.15, 0.2) is 51.1 Å². The summed E-state index contributed by atoms with van der Waals surface area (Å²) in [6.07, 6.45) is 3.72. The molecule has 1 fully saturated rings. The molecule has 0 amide bonds. The SMILES string of the molecule is C=N/C(=C\c1c(C)cnn1CC(F)(F)F)[C@H]1C[C@@H]1c1cc(-c2c[nH]c(=O)[nH]c2=O)nn2ccnc12. The van der Waals surface area contributed by atoms with Crippen LogP contribution in [0.5, 0.6) is 0 Å². The lowest BCUT2D eigenvalue weighted by atomic mass is 10.1. The van der Waals surface area contributed by atoms with E-state index in [2.05, 4.69) is 36.9 Å². The molecule has 1 aliphatic rings. The number of imidazole rings is 1. The summed E-state index contributed by atoms with van der Waals surface area (Å²) >= 11 is 0. The number of H-pyrrole nitrogens is 2. The first-order valence-electron chi connectivity index (χ1n) is 10.6. The number of aromatic amines is 2. The fourth-order valence-electron chi connectivity index (χ4n) is 4.19. The summed E-state index contributed by atoms with van der Waals surface area (Å²) in [4.78, 5) is 36.8. The Bertz CT molecular complexity index is 1590. The Morgan fingerprint density at radius 2 is 2.17 bits per heavy atom. The summed E-state index contributed by atoms with van der Waals surface area (Å²) < 4.78 is 41.4. The normalized spacial score (nSPS) is 18.2. The number of aromatic nitrogens is 7. The van der Waals surface area contributed by atoms with E-state index in [9.17, 15) is 22.8 Å². The minimum absolute atomic E-state index is 0.0699. The molecule has 1 aliphatic carbocycles. The highest BCUT2D eigenvalue weighted by atomic mass is 19.4. The van der Waals surface area contributed by atoms with E-state index in [0.29, 0.717) is 34.7 Å². The minimum atomic E-state index is -4.41. The zero-order valence-electron chi connectivity index (χ0n) is 18.4. The van der Waals surface area contributed by atoms with Gasteiger partial charge in [0.05, 0.1) is 23.1 Å². The fraction of sp³-hybridized carbons (Fsp3) is 0.273. The first-order chi connectivity index (χ1) is 16.6. The van der Waals surface area contributed by atoms with E-state index in [1.165, 1.54) is 16.9 Å². The lowest BCUT2D eigenvalue weighted by Gasteiger charge is -2.10. The molecular weight excluding hydrogens is 465 g/mol. The second kappa shape index (κ2) is 8.18. The number of alkyl halides is 3. The topological polar surface area (TPSA) is 126 Å². The number of aryl methyl sites for hydroxylation is 1. The van der Waals surface area contributed by atoms with Gasteiger partial charge in [0.15, 0.2) is 5.65 Å². The van der Waals surface area contributed by atoms with Gasteiger partial charge in [0.2, 0.25) is 0 Å². The Balaban J connectivity index is 1.52. The van der Waals surface area contributed by atoms with Crippen LogP contribution in [0.2, 0.25) is 0 Å². The predicted octanol–water partition coefficient (Wildman–Crippen LogP) is 2.69. The van der Waals surface area contributed by atoms with Crippen LogP contribution in [-0.4, -0.2) is 47.2 Å². The molecular formula is C22H19F3N8O2. The molecule has 10 nitrogen and oxygen atoms in total. The van der Waals surface area contributed by atoms with E-state index < -0.39 is 24.0 Å². The Labute approximate surface area is 194 Å². The molecule has 35 heavy (non-hydrogen) atoms. The summed E-state index contributed by atoms with van der Waals surface area (Å²) in [7, 11) is 0. The van der Waals surface area contributed by atoms with E-state index in [4.69, 9.17) is 0 Å². The van der Waals surface area contributed by atoms with Gasteiger partial charge >= 0.3 is 11.9 Å². The minimum Gasteiger partial charge on any atom is -0.313 e. The van der Waals surface area contributed by atoms with Gasteiger partial charge in [0.25, 0.3) is 5.56 Å². The Morgan fingerprint density at radius 3 is 2.89 bits per heavy atom.